The number of likely N-dealkylation sites (tertiary alicyclic amines) is 1. The summed E-state index contributed by atoms with van der Waals surface area (Å²) in [4.78, 5) is 26.7. The van der Waals surface area contributed by atoms with E-state index in [0.717, 1.165) is 0 Å². The highest BCUT2D eigenvalue weighted by atomic mass is 79.9. The summed E-state index contributed by atoms with van der Waals surface area (Å²) >= 11 is 9.17. The van der Waals surface area contributed by atoms with Gasteiger partial charge in [-0.25, -0.2) is 0 Å². The molecule has 0 aliphatic carbocycles. The third-order valence-electron chi connectivity index (χ3n) is 4.80. The Morgan fingerprint density at radius 1 is 1.20 bits per heavy atom. The molecule has 1 aromatic carbocycles. The highest BCUT2D eigenvalue weighted by Gasteiger charge is 2.44. The third-order valence-corrected chi connectivity index (χ3v) is 5.46. The van der Waals surface area contributed by atoms with Crippen molar-refractivity contribution in [2.24, 2.45) is 0 Å². The molecule has 2 aromatic rings. The Hall–Kier alpha value is -1.79. The van der Waals surface area contributed by atoms with Crippen LogP contribution >= 0.6 is 27.5 Å². The average Bonchev–Trinajstić information content (AvgIpc) is 3.02. The fraction of sp³-hybridized carbons (Fsp3) is 0.333. The quantitative estimate of drug-likeness (QED) is 0.683. The number of rotatable bonds is 1. The number of ether oxygens (including phenoxy) is 1. The van der Waals surface area contributed by atoms with Crippen LogP contribution in [0.5, 0.6) is 5.75 Å². The highest BCUT2D eigenvalue weighted by Crippen LogP contribution is 2.40. The van der Waals surface area contributed by atoms with Crippen molar-refractivity contribution in [1.29, 1.82) is 0 Å². The lowest BCUT2D eigenvalue weighted by Crippen LogP contribution is -2.52. The van der Waals surface area contributed by atoms with Crippen molar-refractivity contribution in [2.45, 2.75) is 24.9 Å². The second kappa shape index (κ2) is 6.18. The molecule has 0 atom stereocenters. The Bertz CT molecular complexity index is 855. The van der Waals surface area contributed by atoms with E-state index in [1.54, 1.807) is 35.2 Å². The maximum Gasteiger partial charge on any atom is 0.289 e. The van der Waals surface area contributed by atoms with Crippen LogP contribution in [0.4, 0.5) is 0 Å². The van der Waals surface area contributed by atoms with Gasteiger partial charge in [0.1, 0.15) is 11.4 Å². The fourth-order valence-corrected chi connectivity index (χ4v) is 3.93. The number of piperidine rings is 1. The molecule has 1 spiro atoms. The zero-order valence-corrected chi connectivity index (χ0v) is 15.6. The van der Waals surface area contributed by atoms with E-state index in [-0.39, 0.29) is 11.7 Å². The SMILES string of the molecule is O=C1CC2(CCN(C(=O)c3ccc(Br)o3)CC2)Oc2ccc(Cl)cc21. The molecule has 3 heterocycles. The molecule has 1 fully saturated rings. The number of carbonyl (C=O) groups is 2. The largest absolute Gasteiger partial charge is 0.486 e. The van der Waals surface area contributed by atoms with Crippen molar-refractivity contribution < 1.29 is 18.7 Å². The lowest BCUT2D eigenvalue weighted by atomic mass is 9.82. The monoisotopic (exact) mass is 423 g/mol. The van der Waals surface area contributed by atoms with Gasteiger partial charge in [0.25, 0.3) is 5.91 Å². The highest BCUT2D eigenvalue weighted by molar-refractivity contribution is 9.10. The number of amides is 1. The third kappa shape index (κ3) is 3.09. The summed E-state index contributed by atoms with van der Waals surface area (Å²) in [5, 5.41) is 0.525. The Kier molecular flexibility index (Phi) is 4.12. The number of carbonyl (C=O) groups excluding carboxylic acids is 2. The Morgan fingerprint density at radius 2 is 1.96 bits per heavy atom. The summed E-state index contributed by atoms with van der Waals surface area (Å²) in [6, 6.07) is 8.47. The van der Waals surface area contributed by atoms with Crippen molar-refractivity contribution >= 4 is 39.2 Å². The maximum atomic E-state index is 12.5. The molecular weight excluding hydrogens is 410 g/mol. The lowest BCUT2D eigenvalue weighted by Gasteiger charge is -2.43. The zero-order valence-electron chi connectivity index (χ0n) is 13.3. The standard InChI is InChI=1S/C18H15BrClNO4/c19-16-4-3-15(24-16)17(23)21-7-5-18(6-8-21)10-13(22)12-9-11(20)1-2-14(12)25-18/h1-4,9H,5-8,10H2. The average molecular weight is 425 g/mol. The topological polar surface area (TPSA) is 59.8 Å². The fourth-order valence-electron chi connectivity index (χ4n) is 3.45. The van der Waals surface area contributed by atoms with Crippen LogP contribution in [0.25, 0.3) is 0 Å². The van der Waals surface area contributed by atoms with Gasteiger partial charge in [0.2, 0.25) is 0 Å². The van der Waals surface area contributed by atoms with Crippen LogP contribution in [0.15, 0.2) is 39.4 Å². The lowest BCUT2D eigenvalue weighted by molar-refractivity contribution is -0.00644. The van der Waals surface area contributed by atoms with E-state index in [1.807, 2.05) is 0 Å². The first-order valence-electron chi connectivity index (χ1n) is 8.02. The Labute approximate surface area is 158 Å². The molecule has 1 aromatic heterocycles. The van der Waals surface area contributed by atoms with Gasteiger partial charge in [-0.15, -0.1) is 0 Å². The van der Waals surface area contributed by atoms with Crippen LogP contribution < -0.4 is 4.74 Å². The molecule has 2 aliphatic heterocycles. The van der Waals surface area contributed by atoms with Gasteiger partial charge in [-0.2, -0.15) is 0 Å². The van der Waals surface area contributed by atoms with Crippen LogP contribution in [0.1, 0.15) is 40.2 Å². The first-order valence-corrected chi connectivity index (χ1v) is 9.19. The summed E-state index contributed by atoms with van der Waals surface area (Å²) in [6.07, 6.45) is 1.53. The molecule has 25 heavy (non-hydrogen) atoms. The van der Waals surface area contributed by atoms with Crippen LogP contribution in [0.3, 0.4) is 0 Å². The minimum Gasteiger partial charge on any atom is -0.486 e. The molecule has 2 aliphatic rings. The predicted octanol–water partition coefficient (Wildman–Crippen LogP) is 4.34. The van der Waals surface area contributed by atoms with Gasteiger partial charge in [0.15, 0.2) is 16.2 Å². The van der Waals surface area contributed by atoms with E-state index in [4.69, 9.17) is 20.8 Å². The minimum atomic E-state index is -0.543. The number of halogens is 2. The predicted molar refractivity (Wildman–Crippen MR) is 95.3 cm³/mol. The summed E-state index contributed by atoms with van der Waals surface area (Å²) in [5.41, 5.74) is -0.00426. The number of hydrogen-bond donors (Lipinski definition) is 0. The smallest absolute Gasteiger partial charge is 0.289 e. The molecule has 0 unspecified atom stereocenters. The molecule has 0 radical (unpaired) electrons. The first-order chi connectivity index (χ1) is 12.0. The van der Waals surface area contributed by atoms with Gasteiger partial charge >= 0.3 is 0 Å². The maximum absolute atomic E-state index is 12.5. The number of ketones is 1. The second-order valence-corrected chi connectivity index (χ2v) is 7.64. The molecule has 4 rings (SSSR count). The Balaban J connectivity index is 1.49. The van der Waals surface area contributed by atoms with Crippen molar-refractivity contribution in [3.63, 3.8) is 0 Å². The minimum absolute atomic E-state index is 0.0403. The van der Waals surface area contributed by atoms with E-state index in [1.165, 1.54) is 0 Å². The van der Waals surface area contributed by atoms with Crippen LogP contribution in [-0.4, -0.2) is 35.3 Å². The molecule has 5 nitrogen and oxygen atoms in total. The zero-order chi connectivity index (χ0) is 17.6. The van der Waals surface area contributed by atoms with Crippen LogP contribution in [0.2, 0.25) is 5.02 Å². The summed E-state index contributed by atoms with van der Waals surface area (Å²) < 4.78 is 12.0. The van der Waals surface area contributed by atoms with E-state index >= 15 is 0 Å². The molecular formula is C18H15BrClNO4. The molecule has 0 saturated carbocycles. The van der Waals surface area contributed by atoms with Crippen molar-refractivity contribution in [1.82, 2.24) is 4.90 Å². The normalized spacial score (nSPS) is 18.8. The van der Waals surface area contributed by atoms with Gasteiger partial charge in [0, 0.05) is 31.0 Å². The van der Waals surface area contributed by atoms with Crippen molar-refractivity contribution in [3.8, 4) is 5.75 Å². The van der Waals surface area contributed by atoms with Gasteiger partial charge in [-0.1, -0.05) is 11.6 Å². The number of Topliss-reactive ketones (excluding diaryl/α,β-unsaturated/α-hetero) is 1. The Morgan fingerprint density at radius 3 is 2.64 bits per heavy atom. The van der Waals surface area contributed by atoms with Crippen molar-refractivity contribution in [2.75, 3.05) is 13.1 Å². The van der Waals surface area contributed by atoms with Crippen LogP contribution in [-0.2, 0) is 0 Å². The molecule has 130 valence electrons. The van der Waals surface area contributed by atoms with E-state index in [2.05, 4.69) is 15.9 Å². The van der Waals surface area contributed by atoms with Gasteiger partial charge < -0.3 is 14.1 Å². The number of furan rings is 1. The second-order valence-electron chi connectivity index (χ2n) is 6.42. The molecule has 7 heteroatoms. The summed E-state index contributed by atoms with van der Waals surface area (Å²) in [6.45, 7) is 1.04. The summed E-state index contributed by atoms with van der Waals surface area (Å²) in [5.74, 6) is 0.784. The molecule has 1 saturated heterocycles. The molecule has 1 amide bonds. The number of fused-ring (bicyclic) bond motifs is 1. The summed E-state index contributed by atoms with van der Waals surface area (Å²) in [7, 11) is 0. The first kappa shape index (κ1) is 16.7. The van der Waals surface area contributed by atoms with Gasteiger partial charge in [-0.3, -0.25) is 9.59 Å². The van der Waals surface area contributed by atoms with E-state index < -0.39 is 5.60 Å². The van der Waals surface area contributed by atoms with Crippen LogP contribution in [0, 0.1) is 0 Å². The number of benzene rings is 1. The van der Waals surface area contributed by atoms with E-state index in [9.17, 15) is 9.59 Å². The number of nitrogens with zero attached hydrogens (tertiary/aromatic N) is 1. The van der Waals surface area contributed by atoms with E-state index in [0.29, 0.717) is 59.1 Å². The molecule has 0 N–H and O–H groups in total. The molecule has 0 bridgehead atoms. The van der Waals surface area contributed by atoms with Gasteiger partial charge in [0.05, 0.1) is 12.0 Å². The van der Waals surface area contributed by atoms with Gasteiger partial charge in [-0.05, 0) is 46.3 Å². The number of hydrogen-bond acceptors (Lipinski definition) is 4. The van der Waals surface area contributed by atoms with Crippen molar-refractivity contribution in [3.05, 3.63) is 51.3 Å².